The average molecular weight is 321 g/mol. The Morgan fingerprint density at radius 2 is 1.45 bits per heavy atom. The molecule has 0 aromatic heterocycles. The summed E-state index contributed by atoms with van der Waals surface area (Å²) in [5.74, 6) is 0.602. The Labute approximate surface area is 128 Å². The highest BCUT2D eigenvalue weighted by Crippen LogP contribution is 2.18. The second-order valence-electron chi connectivity index (χ2n) is 6.64. The van der Waals surface area contributed by atoms with Gasteiger partial charge in [-0.2, -0.15) is 0 Å². The summed E-state index contributed by atoms with van der Waals surface area (Å²) in [6, 6.07) is 0. The zero-order valence-electron chi connectivity index (χ0n) is 14.8. The van der Waals surface area contributed by atoms with Gasteiger partial charge in [-0.15, -0.1) is 0 Å². The number of hydrogen-bond acceptors (Lipinski definition) is 3. The van der Waals surface area contributed by atoms with Crippen molar-refractivity contribution in [2.75, 3.05) is 13.2 Å². The van der Waals surface area contributed by atoms with Gasteiger partial charge in [-0.25, -0.2) is 0 Å². The third-order valence-electron chi connectivity index (χ3n) is 3.35. The predicted octanol–water partition coefficient (Wildman–Crippen LogP) is 5.07. The highest BCUT2D eigenvalue weighted by Gasteiger charge is 2.36. The monoisotopic (exact) mass is 320 g/mol. The first-order valence-corrected chi connectivity index (χ1v) is 13.8. The maximum atomic E-state index is 6.26. The van der Waals surface area contributed by atoms with E-state index in [0.717, 1.165) is 26.1 Å². The maximum Gasteiger partial charge on any atom is 0.322 e. The molecule has 0 saturated heterocycles. The molecule has 0 fully saturated rings. The number of unbranched alkanes of at least 4 members (excludes halogenated alkanes) is 3. The molecule has 0 aromatic carbocycles. The van der Waals surface area contributed by atoms with Crippen molar-refractivity contribution < 1.29 is 13.0 Å². The first-order valence-electron chi connectivity index (χ1n) is 8.20. The predicted molar refractivity (Wildman–Crippen MR) is 91.6 cm³/mol. The smallest absolute Gasteiger partial charge is 0.322 e. The van der Waals surface area contributed by atoms with E-state index in [-0.39, 0.29) is 0 Å². The van der Waals surface area contributed by atoms with Crippen molar-refractivity contribution in [2.45, 2.75) is 79.1 Å². The lowest BCUT2D eigenvalue weighted by Crippen LogP contribution is -2.49. The molecule has 0 saturated carbocycles. The molecule has 5 heteroatoms. The lowest BCUT2D eigenvalue weighted by Gasteiger charge is -2.33. The fourth-order valence-corrected chi connectivity index (χ4v) is 8.49. The Morgan fingerprint density at radius 3 is 2.00 bits per heavy atom. The fourth-order valence-electron chi connectivity index (χ4n) is 1.96. The zero-order valence-corrected chi connectivity index (χ0v) is 16.8. The van der Waals surface area contributed by atoms with Gasteiger partial charge in [0, 0.05) is 13.2 Å². The summed E-state index contributed by atoms with van der Waals surface area (Å²) in [5.41, 5.74) is 0. The van der Waals surface area contributed by atoms with Crippen LogP contribution in [0.3, 0.4) is 0 Å². The summed E-state index contributed by atoms with van der Waals surface area (Å²) in [6.45, 7) is 16.8. The second kappa shape index (κ2) is 10.1. The summed E-state index contributed by atoms with van der Waals surface area (Å²) in [4.78, 5) is 0. The molecular formula is C15H36O3Si2. The molecule has 0 spiro atoms. The average Bonchev–Trinajstić information content (AvgIpc) is 2.34. The van der Waals surface area contributed by atoms with Crippen LogP contribution in [0.25, 0.3) is 0 Å². The molecule has 0 amide bonds. The van der Waals surface area contributed by atoms with Gasteiger partial charge >= 0.3 is 17.1 Å². The van der Waals surface area contributed by atoms with E-state index in [9.17, 15) is 0 Å². The highest BCUT2D eigenvalue weighted by atomic mass is 28.5. The zero-order chi connectivity index (χ0) is 15.6. The van der Waals surface area contributed by atoms with Gasteiger partial charge in [0.1, 0.15) is 0 Å². The molecular weight excluding hydrogens is 284 g/mol. The molecule has 0 aliphatic carbocycles. The SMILES string of the molecule is CCCCCCO[Si](C)(C)O[Si](C)(C)OCC(C)CC. The molecule has 0 N–H and O–H groups in total. The molecule has 3 nitrogen and oxygen atoms in total. The molecule has 0 aliphatic heterocycles. The molecule has 0 heterocycles. The summed E-state index contributed by atoms with van der Waals surface area (Å²) in [7, 11) is -4.10. The lowest BCUT2D eigenvalue weighted by atomic mass is 10.1. The van der Waals surface area contributed by atoms with Gasteiger partial charge < -0.3 is 13.0 Å². The molecule has 1 atom stereocenters. The van der Waals surface area contributed by atoms with E-state index in [1.54, 1.807) is 0 Å². The highest BCUT2D eigenvalue weighted by molar-refractivity contribution is 6.78. The minimum Gasteiger partial charge on any atom is -0.415 e. The molecule has 0 aromatic rings. The van der Waals surface area contributed by atoms with Crippen LogP contribution in [0, 0.1) is 5.92 Å². The molecule has 0 rings (SSSR count). The summed E-state index contributed by atoms with van der Waals surface area (Å²) >= 11 is 0. The van der Waals surface area contributed by atoms with Gasteiger partial charge in [0.15, 0.2) is 0 Å². The Balaban J connectivity index is 4.01. The van der Waals surface area contributed by atoms with Gasteiger partial charge in [-0.1, -0.05) is 46.5 Å². The van der Waals surface area contributed by atoms with Crippen molar-refractivity contribution in [1.82, 2.24) is 0 Å². The van der Waals surface area contributed by atoms with Crippen LogP contribution in [0.4, 0.5) is 0 Å². The largest absolute Gasteiger partial charge is 0.415 e. The van der Waals surface area contributed by atoms with Gasteiger partial charge in [-0.3, -0.25) is 0 Å². The van der Waals surface area contributed by atoms with E-state index in [1.165, 1.54) is 19.3 Å². The van der Waals surface area contributed by atoms with E-state index in [4.69, 9.17) is 13.0 Å². The topological polar surface area (TPSA) is 27.7 Å². The van der Waals surface area contributed by atoms with E-state index in [1.807, 2.05) is 0 Å². The third-order valence-corrected chi connectivity index (χ3v) is 9.05. The van der Waals surface area contributed by atoms with Crippen LogP contribution in [0.2, 0.25) is 26.2 Å². The third kappa shape index (κ3) is 11.0. The molecule has 122 valence electrons. The summed E-state index contributed by atoms with van der Waals surface area (Å²) in [5, 5.41) is 0. The Bertz CT molecular complexity index is 245. The van der Waals surface area contributed by atoms with Crippen LogP contribution in [0.1, 0.15) is 52.9 Å². The normalized spacial score (nSPS) is 14.6. The van der Waals surface area contributed by atoms with Crippen LogP contribution >= 0.6 is 0 Å². The first-order chi connectivity index (χ1) is 9.22. The number of hydrogen-bond donors (Lipinski definition) is 0. The van der Waals surface area contributed by atoms with Crippen LogP contribution in [0.15, 0.2) is 0 Å². The van der Waals surface area contributed by atoms with Crippen LogP contribution in [-0.2, 0) is 13.0 Å². The van der Waals surface area contributed by atoms with E-state index in [0.29, 0.717) is 5.92 Å². The van der Waals surface area contributed by atoms with Crippen LogP contribution < -0.4 is 0 Å². The molecule has 0 radical (unpaired) electrons. The van der Waals surface area contributed by atoms with E-state index < -0.39 is 17.1 Å². The van der Waals surface area contributed by atoms with Gasteiger partial charge in [-0.05, 0) is 38.5 Å². The van der Waals surface area contributed by atoms with Crippen LogP contribution in [-0.4, -0.2) is 30.3 Å². The molecule has 0 bridgehead atoms. The van der Waals surface area contributed by atoms with Crippen molar-refractivity contribution in [1.29, 1.82) is 0 Å². The van der Waals surface area contributed by atoms with Crippen molar-refractivity contribution in [3.05, 3.63) is 0 Å². The van der Waals surface area contributed by atoms with Crippen LogP contribution in [0.5, 0.6) is 0 Å². The Hall–Kier alpha value is 0.314. The Morgan fingerprint density at radius 1 is 0.850 bits per heavy atom. The quantitative estimate of drug-likeness (QED) is 0.371. The molecule has 1 unspecified atom stereocenters. The van der Waals surface area contributed by atoms with Crippen molar-refractivity contribution in [2.24, 2.45) is 5.92 Å². The van der Waals surface area contributed by atoms with Crippen molar-refractivity contribution in [3.8, 4) is 0 Å². The summed E-state index contributed by atoms with van der Waals surface area (Å²) < 4.78 is 18.3. The van der Waals surface area contributed by atoms with Crippen molar-refractivity contribution >= 4 is 17.1 Å². The first kappa shape index (κ1) is 20.3. The number of rotatable bonds is 12. The van der Waals surface area contributed by atoms with E-state index in [2.05, 4.69) is 47.0 Å². The molecule has 20 heavy (non-hydrogen) atoms. The maximum absolute atomic E-state index is 6.26. The second-order valence-corrected chi connectivity index (χ2v) is 13.6. The van der Waals surface area contributed by atoms with E-state index >= 15 is 0 Å². The standard InChI is InChI=1S/C15H36O3Si2/c1-8-10-11-12-13-16-19(4,5)18-20(6,7)17-14-15(3)9-2/h15H,8-14H2,1-7H3. The van der Waals surface area contributed by atoms with Gasteiger partial charge in [0.25, 0.3) is 0 Å². The fraction of sp³-hybridized carbons (Fsp3) is 1.00. The van der Waals surface area contributed by atoms with Crippen molar-refractivity contribution in [3.63, 3.8) is 0 Å². The Kier molecular flexibility index (Phi) is 10.3. The lowest BCUT2D eigenvalue weighted by molar-refractivity contribution is 0.174. The van der Waals surface area contributed by atoms with Gasteiger partial charge in [0.2, 0.25) is 0 Å². The molecule has 0 aliphatic rings. The minimum absolute atomic E-state index is 0.602. The summed E-state index contributed by atoms with van der Waals surface area (Å²) in [6.07, 6.45) is 6.11. The van der Waals surface area contributed by atoms with Gasteiger partial charge in [0.05, 0.1) is 0 Å². The minimum atomic E-state index is -2.06.